The van der Waals surface area contributed by atoms with E-state index in [1.54, 1.807) is 30.3 Å². The zero-order valence-corrected chi connectivity index (χ0v) is 14.6. The van der Waals surface area contributed by atoms with Gasteiger partial charge in [-0.2, -0.15) is 13.2 Å². The number of aliphatic carboxylic acids is 1. The molecule has 0 saturated heterocycles. The van der Waals surface area contributed by atoms with Gasteiger partial charge >= 0.3 is 18.2 Å². The predicted octanol–water partition coefficient (Wildman–Crippen LogP) is 4.80. The monoisotopic (exact) mass is 401 g/mol. The van der Waals surface area contributed by atoms with E-state index in [2.05, 4.69) is 5.32 Å². The van der Waals surface area contributed by atoms with E-state index < -0.39 is 41.3 Å². The molecule has 0 aliphatic carbocycles. The summed E-state index contributed by atoms with van der Waals surface area (Å²) in [5.41, 5.74) is -0.462. The van der Waals surface area contributed by atoms with Gasteiger partial charge in [0, 0.05) is 0 Å². The van der Waals surface area contributed by atoms with Gasteiger partial charge in [0.2, 0.25) is 0 Å². The summed E-state index contributed by atoms with van der Waals surface area (Å²) >= 11 is 5.57. The molecule has 0 bridgehead atoms. The van der Waals surface area contributed by atoms with Crippen molar-refractivity contribution in [2.75, 3.05) is 0 Å². The van der Waals surface area contributed by atoms with E-state index in [0.29, 0.717) is 11.6 Å². The van der Waals surface area contributed by atoms with Crippen LogP contribution >= 0.6 is 11.6 Å². The summed E-state index contributed by atoms with van der Waals surface area (Å²) in [5.74, 6) is -1.30. The minimum absolute atomic E-state index is 0.0502. The number of hydrogen-bond donors (Lipinski definition) is 2. The topological polar surface area (TPSA) is 75.6 Å². The highest BCUT2D eigenvalue weighted by molar-refractivity contribution is 6.31. The summed E-state index contributed by atoms with van der Waals surface area (Å²) < 4.78 is 44.0. The molecular weight excluding hydrogens is 387 g/mol. The Balaban J connectivity index is 2.15. The quantitative estimate of drug-likeness (QED) is 0.729. The van der Waals surface area contributed by atoms with Gasteiger partial charge in [-0.1, -0.05) is 48.0 Å². The second kappa shape index (κ2) is 8.77. The molecule has 1 atom stereocenters. The number of amides is 1. The number of hydrogen-bond acceptors (Lipinski definition) is 3. The number of carbonyl (C=O) groups excluding carboxylic acids is 1. The lowest BCUT2D eigenvalue weighted by Crippen LogP contribution is -2.31. The molecule has 1 amide bonds. The number of nitrogens with one attached hydrogen (secondary N) is 1. The molecule has 2 aromatic carbocycles. The minimum Gasteiger partial charge on any atom is -0.481 e. The number of rotatable bonds is 6. The molecule has 0 spiro atoms. The van der Waals surface area contributed by atoms with Gasteiger partial charge in [-0.25, -0.2) is 4.79 Å². The van der Waals surface area contributed by atoms with Crippen LogP contribution < -0.4 is 5.32 Å². The van der Waals surface area contributed by atoms with Crippen LogP contribution in [0, 0.1) is 0 Å². The average Bonchev–Trinajstić information content (AvgIpc) is 2.59. The number of carboxylic acids is 1. The number of carboxylic acid groups (broad SMARTS) is 1. The fourth-order valence-electron chi connectivity index (χ4n) is 2.31. The minimum atomic E-state index is -4.71. The molecule has 0 saturated carbocycles. The number of alkyl carbamates (subject to hydrolysis) is 1. The molecule has 27 heavy (non-hydrogen) atoms. The van der Waals surface area contributed by atoms with Gasteiger partial charge in [0.15, 0.2) is 0 Å². The van der Waals surface area contributed by atoms with Gasteiger partial charge in [-0.15, -0.1) is 0 Å². The third-order valence-corrected chi connectivity index (χ3v) is 3.91. The van der Waals surface area contributed by atoms with E-state index in [-0.39, 0.29) is 12.2 Å². The second-order valence-electron chi connectivity index (χ2n) is 5.59. The van der Waals surface area contributed by atoms with Crippen LogP contribution in [0.5, 0.6) is 0 Å². The number of halogens is 4. The summed E-state index contributed by atoms with van der Waals surface area (Å²) in [4.78, 5) is 23.0. The van der Waals surface area contributed by atoms with Crippen molar-refractivity contribution in [1.29, 1.82) is 0 Å². The standard InChI is InChI=1S/C18H15ClF3NO4/c19-14-7-6-12(8-13(14)18(20,21)22)15(9-16(24)25)23-17(26)27-10-11-4-2-1-3-5-11/h1-8,15H,9-10H2,(H,23,26)(H,24,25)/t15-/m0/s1. The lowest BCUT2D eigenvalue weighted by Gasteiger charge is -2.19. The first kappa shape index (κ1) is 20.6. The number of alkyl halides is 3. The SMILES string of the molecule is O=C(O)C[C@H](NC(=O)OCc1ccccc1)c1ccc(Cl)c(C(F)(F)F)c1. The van der Waals surface area contributed by atoms with Gasteiger partial charge in [-0.3, -0.25) is 4.79 Å². The fourth-order valence-corrected chi connectivity index (χ4v) is 2.54. The van der Waals surface area contributed by atoms with Crippen molar-refractivity contribution in [1.82, 2.24) is 5.32 Å². The van der Waals surface area contributed by atoms with Crippen LogP contribution in [-0.4, -0.2) is 17.2 Å². The van der Waals surface area contributed by atoms with E-state index in [9.17, 15) is 22.8 Å². The normalized spacial score (nSPS) is 12.3. The maximum absolute atomic E-state index is 13.0. The molecule has 5 nitrogen and oxygen atoms in total. The van der Waals surface area contributed by atoms with Gasteiger partial charge in [0.05, 0.1) is 23.0 Å². The van der Waals surface area contributed by atoms with Gasteiger partial charge in [-0.05, 0) is 23.3 Å². The molecule has 9 heteroatoms. The van der Waals surface area contributed by atoms with Crippen molar-refractivity contribution in [3.8, 4) is 0 Å². The highest BCUT2D eigenvalue weighted by Gasteiger charge is 2.34. The molecule has 0 radical (unpaired) electrons. The fraction of sp³-hybridized carbons (Fsp3) is 0.222. The predicted molar refractivity (Wildman–Crippen MR) is 91.2 cm³/mol. The molecule has 2 rings (SSSR count). The first-order chi connectivity index (χ1) is 12.7. The zero-order chi connectivity index (χ0) is 20.0. The summed E-state index contributed by atoms with van der Waals surface area (Å²) in [6, 6.07) is 10.4. The van der Waals surface area contributed by atoms with E-state index in [1.165, 1.54) is 6.07 Å². The molecule has 0 aromatic heterocycles. The lowest BCUT2D eigenvalue weighted by atomic mass is 10.0. The highest BCUT2D eigenvalue weighted by atomic mass is 35.5. The Morgan fingerprint density at radius 3 is 2.41 bits per heavy atom. The van der Waals surface area contributed by atoms with Crippen LogP contribution in [0.4, 0.5) is 18.0 Å². The highest BCUT2D eigenvalue weighted by Crippen LogP contribution is 2.36. The Kier molecular flexibility index (Phi) is 6.68. The van der Waals surface area contributed by atoms with Gasteiger partial charge in [0.1, 0.15) is 6.61 Å². The summed E-state index contributed by atoms with van der Waals surface area (Å²) in [7, 11) is 0. The summed E-state index contributed by atoms with van der Waals surface area (Å²) in [6.45, 7) is -0.0686. The maximum atomic E-state index is 13.0. The van der Waals surface area contributed by atoms with Crippen molar-refractivity contribution >= 4 is 23.7 Å². The van der Waals surface area contributed by atoms with E-state index in [1.807, 2.05) is 0 Å². The van der Waals surface area contributed by atoms with Crippen LogP contribution in [0.1, 0.15) is 29.2 Å². The Morgan fingerprint density at radius 1 is 1.15 bits per heavy atom. The van der Waals surface area contributed by atoms with Crippen molar-refractivity contribution in [3.05, 3.63) is 70.2 Å². The second-order valence-corrected chi connectivity index (χ2v) is 6.00. The molecular formula is C18H15ClF3NO4. The third kappa shape index (κ3) is 6.18. The van der Waals surface area contributed by atoms with Crippen LogP contribution in [0.3, 0.4) is 0 Å². The van der Waals surface area contributed by atoms with Crippen LogP contribution in [0.15, 0.2) is 48.5 Å². The van der Waals surface area contributed by atoms with E-state index >= 15 is 0 Å². The smallest absolute Gasteiger partial charge is 0.417 e. The number of ether oxygens (including phenoxy) is 1. The molecule has 0 unspecified atom stereocenters. The van der Waals surface area contributed by atoms with E-state index in [0.717, 1.165) is 6.07 Å². The molecule has 0 aliphatic rings. The summed E-state index contributed by atoms with van der Waals surface area (Å²) in [5, 5.41) is 10.8. The maximum Gasteiger partial charge on any atom is 0.417 e. The molecule has 0 aliphatic heterocycles. The third-order valence-electron chi connectivity index (χ3n) is 3.58. The van der Waals surface area contributed by atoms with Crippen molar-refractivity contribution in [3.63, 3.8) is 0 Å². The molecule has 0 fully saturated rings. The molecule has 0 heterocycles. The first-order valence-electron chi connectivity index (χ1n) is 7.72. The Morgan fingerprint density at radius 2 is 1.81 bits per heavy atom. The van der Waals surface area contributed by atoms with E-state index in [4.69, 9.17) is 21.4 Å². The van der Waals surface area contributed by atoms with Crippen molar-refractivity contribution < 1.29 is 32.6 Å². The number of carbonyl (C=O) groups is 2. The molecule has 2 aromatic rings. The van der Waals surface area contributed by atoms with Crippen molar-refractivity contribution in [2.45, 2.75) is 25.2 Å². The van der Waals surface area contributed by atoms with Crippen LogP contribution in [0.2, 0.25) is 5.02 Å². The molecule has 2 N–H and O–H groups in total. The first-order valence-corrected chi connectivity index (χ1v) is 8.10. The average molecular weight is 402 g/mol. The zero-order valence-electron chi connectivity index (χ0n) is 13.8. The lowest BCUT2D eigenvalue weighted by molar-refractivity contribution is -0.138. The van der Waals surface area contributed by atoms with Crippen LogP contribution in [0.25, 0.3) is 0 Å². The van der Waals surface area contributed by atoms with Gasteiger partial charge in [0.25, 0.3) is 0 Å². The van der Waals surface area contributed by atoms with Gasteiger partial charge < -0.3 is 15.2 Å². The summed E-state index contributed by atoms with van der Waals surface area (Å²) in [6.07, 6.45) is -6.29. The Bertz CT molecular complexity index is 812. The molecule has 144 valence electrons. The number of benzene rings is 2. The van der Waals surface area contributed by atoms with Crippen LogP contribution in [-0.2, 0) is 22.3 Å². The largest absolute Gasteiger partial charge is 0.481 e. The Labute approximate surface area is 157 Å². The Hall–Kier alpha value is -2.74. The van der Waals surface area contributed by atoms with Crippen molar-refractivity contribution in [2.24, 2.45) is 0 Å².